The second kappa shape index (κ2) is 7.14. The van der Waals surface area contributed by atoms with Crippen molar-refractivity contribution in [3.05, 3.63) is 63.2 Å². The lowest BCUT2D eigenvalue weighted by atomic mass is 10.2. The van der Waals surface area contributed by atoms with Crippen molar-refractivity contribution in [2.45, 2.75) is 18.7 Å². The smallest absolute Gasteiger partial charge is 0.291 e. The van der Waals surface area contributed by atoms with Crippen LogP contribution in [0.15, 0.2) is 52.0 Å². The van der Waals surface area contributed by atoms with Crippen LogP contribution in [-0.4, -0.2) is 14.3 Å². The standard InChI is InChI=1S/C17H15ClN2O4S2/c1-10-8-16(11(2)25-10)26(22,23)20-13-6-5-12(18)9-14(13)19-17(21)15-4-3-7-24-15/h3-9,20H,1-2H3,(H,19,21). The summed E-state index contributed by atoms with van der Waals surface area (Å²) in [6.45, 7) is 3.58. The Morgan fingerprint density at radius 3 is 2.54 bits per heavy atom. The highest BCUT2D eigenvalue weighted by atomic mass is 35.5. The number of amides is 1. The molecule has 0 spiro atoms. The summed E-state index contributed by atoms with van der Waals surface area (Å²) in [4.78, 5) is 14.0. The Kier molecular flexibility index (Phi) is 5.08. The number of thiophene rings is 1. The molecule has 0 fully saturated rings. The third kappa shape index (κ3) is 3.92. The van der Waals surface area contributed by atoms with Gasteiger partial charge in [-0.1, -0.05) is 11.6 Å². The van der Waals surface area contributed by atoms with Gasteiger partial charge in [-0.2, -0.15) is 0 Å². The van der Waals surface area contributed by atoms with Crippen LogP contribution in [0.1, 0.15) is 20.3 Å². The quantitative estimate of drug-likeness (QED) is 0.640. The Hall–Kier alpha value is -2.29. The Balaban J connectivity index is 1.93. The van der Waals surface area contributed by atoms with E-state index in [4.69, 9.17) is 16.0 Å². The normalized spacial score (nSPS) is 11.3. The molecule has 0 aliphatic rings. The van der Waals surface area contributed by atoms with Crippen LogP contribution < -0.4 is 10.0 Å². The first kappa shape index (κ1) is 18.5. The summed E-state index contributed by atoms with van der Waals surface area (Å²) < 4.78 is 33.0. The molecule has 0 aliphatic carbocycles. The van der Waals surface area contributed by atoms with E-state index in [0.29, 0.717) is 9.90 Å². The predicted octanol–water partition coefficient (Wildman–Crippen LogP) is 4.66. The first-order valence-corrected chi connectivity index (χ1v) is 10.2. The molecular weight excluding hydrogens is 396 g/mol. The fourth-order valence-electron chi connectivity index (χ4n) is 2.37. The van der Waals surface area contributed by atoms with Crippen LogP contribution in [0, 0.1) is 13.8 Å². The zero-order valence-corrected chi connectivity index (χ0v) is 16.3. The van der Waals surface area contributed by atoms with Gasteiger partial charge < -0.3 is 9.73 Å². The van der Waals surface area contributed by atoms with Gasteiger partial charge in [-0.15, -0.1) is 11.3 Å². The summed E-state index contributed by atoms with van der Waals surface area (Å²) >= 11 is 7.39. The third-order valence-electron chi connectivity index (χ3n) is 3.50. The lowest BCUT2D eigenvalue weighted by Crippen LogP contribution is -2.17. The average molecular weight is 411 g/mol. The highest BCUT2D eigenvalue weighted by molar-refractivity contribution is 7.93. The van der Waals surface area contributed by atoms with Crippen LogP contribution in [0.25, 0.3) is 0 Å². The van der Waals surface area contributed by atoms with Crippen molar-refractivity contribution in [2.75, 3.05) is 10.0 Å². The average Bonchev–Trinajstić information content (AvgIpc) is 3.19. The Morgan fingerprint density at radius 2 is 1.92 bits per heavy atom. The van der Waals surface area contributed by atoms with Crippen molar-refractivity contribution in [2.24, 2.45) is 0 Å². The first-order valence-electron chi connectivity index (χ1n) is 7.50. The molecule has 0 unspecified atom stereocenters. The molecule has 0 saturated carbocycles. The van der Waals surface area contributed by atoms with E-state index in [9.17, 15) is 13.2 Å². The molecule has 3 aromatic rings. The molecule has 2 aromatic heterocycles. The van der Waals surface area contributed by atoms with Crippen LogP contribution in [0.2, 0.25) is 5.02 Å². The number of rotatable bonds is 5. The molecule has 1 amide bonds. The molecule has 26 heavy (non-hydrogen) atoms. The van der Waals surface area contributed by atoms with E-state index in [1.807, 2.05) is 6.92 Å². The largest absolute Gasteiger partial charge is 0.459 e. The van der Waals surface area contributed by atoms with Crippen molar-refractivity contribution >= 4 is 50.2 Å². The molecule has 0 aliphatic heterocycles. The number of anilines is 2. The number of carbonyl (C=O) groups is 1. The zero-order chi connectivity index (χ0) is 18.9. The number of halogens is 1. The summed E-state index contributed by atoms with van der Waals surface area (Å²) in [6.07, 6.45) is 1.37. The molecule has 9 heteroatoms. The monoisotopic (exact) mass is 410 g/mol. The van der Waals surface area contributed by atoms with Crippen LogP contribution in [0.5, 0.6) is 0 Å². The van der Waals surface area contributed by atoms with E-state index in [1.54, 1.807) is 19.1 Å². The lowest BCUT2D eigenvalue weighted by molar-refractivity contribution is 0.0996. The van der Waals surface area contributed by atoms with E-state index < -0.39 is 15.9 Å². The summed E-state index contributed by atoms with van der Waals surface area (Å²) in [5.74, 6) is -0.414. The van der Waals surface area contributed by atoms with Gasteiger partial charge in [0.15, 0.2) is 5.76 Å². The Labute approximate surface area is 159 Å². The summed E-state index contributed by atoms with van der Waals surface area (Å²) in [6, 6.07) is 9.19. The lowest BCUT2D eigenvalue weighted by Gasteiger charge is -2.13. The van der Waals surface area contributed by atoms with Gasteiger partial charge in [0.1, 0.15) is 4.90 Å². The molecule has 0 saturated heterocycles. The number of nitrogens with one attached hydrogen (secondary N) is 2. The maximum absolute atomic E-state index is 12.7. The third-order valence-corrected chi connectivity index (χ3v) is 6.33. The van der Waals surface area contributed by atoms with E-state index >= 15 is 0 Å². The molecule has 136 valence electrons. The van der Waals surface area contributed by atoms with Gasteiger partial charge in [-0.3, -0.25) is 9.52 Å². The second-order valence-corrected chi connectivity index (χ2v) is 9.05. The topological polar surface area (TPSA) is 88.4 Å². The molecule has 3 rings (SSSR count). The van der Waals surface area contributed by atoms with Crippen LogP contribution >= 0.6 is 22.9 Å². The fraction of sp³-hybridized carbons (Fsp3) is 0.118. The van der Waals surface area contributed by atoms with Crippen molar-refractivity contribution in [3.63, 3.8) is 0 Å². The van der Waals surface area contributed by atoms with Gasteiger partial charge in [-0.05, 0) is 50.2 Å². The molecule has 2 heterocycles. The maximum Gasteiger partial charge on any atom is 0.291 e. The Morgan fingerprint density at radius 1 is 1.15 bits per heavy atom. The molecular formula is C17H15ClN2O4S2. The minimum atomic E-state index is -3.81. The first-order chi connectivity index (χ1) is 12.3. The second-order valence-electron chi connectivity index (χ2n) is 5.50. The summed E-state index contributed by atoms with van der Waals surface area (Å²) in [5, 5.41) is 2.96. The Bertz CT molecular complexity index is 1060. The van der Waals surface area contributed by atoms with Crippen molar-refractivity contribution in [1.82, 2.24) is 0 Å². The van der Waals surface area contributed by atoms with Crippen LogP contribution in [0.4, 0.5) is 11.4 Å². The van der Waals surface area contributed by atoms with Crippen molar-refractivity contribution in [3.8, 4) is 0 Å². The van der Waals surface area contributed by atoms with Crippen molar-refractivity contribution in [1.29, 1.82) is 0 Å². The SMILES string of the molecule is Cc1cc(S(=O)(=O)Nc2ccc(Cl)cc2NC(=O)c2ccco2)c(C)s1. The van der Waals surface area contributed by atoms with Gasteiger partial charge in [0.25, 0.3) is 15.9 Å². The molecule has 0 bridgehead atoms. The van der Waals surface area contributed by atoms with E-state index in [1.165, 1.54) is 41.9 Å². The van der Waals surface area contributed by atoms with Gasteiger partial charge in [0, 0.05) is 14.8 Å². The van der Waals surface area contributed by atoms with Crippen molar-refractivity contribution < 1.29 is 17.6 Å². The molecule has 0 radical (unpaired) electrons. The van der Waals surface area contributed by atoms with Crippen LogP contribution in [-0.2, 0) is 10.0 Å². The maximum atomic E-state index is 12.7. The van der Waals surface area contributed by atoms with E-state index in [0.717, 1.165) is 4.88 Å². The number of sulfonamides is 1. The van der Waals surface area contributed by atoms with Gasteiger partial charge in [0.2, 0.25) is 0 Å². The van der Waals surface area contributed by atoms with Gasteiger partial charge in [-0.25, -0.2) is 8.42 Å². The zero-order valence-electron chi connectivity index (χ0n) is 13.9. The summed E-state index contributed by atoms with van der Waals surface area (Å²) in [5.41, 5.74) is 0.435. The van der Waals surface area contributed by atoms with Gasteiger partial charge >= 0.3 is 0 Å². The van der Waals surface area contributed by atoms with E-state index in [-0.39, 0.29) is 22.0 Å². The number of hydrogen-bond donors (Lipinski definition) is 2. The van der Waals surface area contributed by atoms with E-state index in [2.05, 4.69) is 10.0 Å². The minimum absolute atomic E-state index is 0.100. The summed E-state index contributed by atoms with van der Waals surface area (Å²) in [7, 11) is -3.81. The number of aryl methyl sites for hydroxylation is 2. The molecule has 6 nitrogen and oxygen atoms in total. The predicted molar refractivity (Wildman–Crippen MR) is 103 cm³/mol. The molecule has 2 N–H and O–H groups in total. The van der Waals surface area contributed by atoms with Gasteiger partial charge in [0.05, 0.1) is 17.6 Å². The number of hydrogen-bond acceptors (Lipinski definition) is 5. The number of furan rings is 1. The minimum Gasteiger partial charge on any atom is -0.459 e. The molecule has 1 aromatic carbocycles. The number of carbonyl (C=O) groups excluding carboxylic acids is 1. The van der Waals surface area contributed by atoms with Crippen LogP contribution in [0.3, 0.4) is 0 Å². The fourth-order valence-corrected chi connectivity index (χ4v) is 5.18. The molecule has 0 atom stereocenters. The highest BCUT2D eigenvalue weighted by Crippen LogP contribution is 2.31. The number of benzene rings is 1. The highest BCUT2D eigenvalue weighted by Gasteiger charge is 2.21.